The standard InChI is InChI=1S/C20H25F3N4O.ClH/c1-19(2,14-5-3-6-15(11-14)20(21,22)23)13-25-18(28)17-8-10-27(26-17)16-7-4-9-24-12-16;/h3,5-6,8,10-11,16,24H,4,7,9,12-13H2,1-2H3,(H,25,28);1H. The van der Waals surface area contributed by atoms with Crippen molar-refractivity contribution in [2.75, 3.05) is 19.6 Å². The Morgan fingerprint density at radius 2 is 2.00 bits per heavy atom. The monoisotopic (exact) mass is 430 g/mol. The van der Waals surface area contributed by atoms with Gasteiger partial charge in [0.15, 0.2) is 0 Å². The van der Waals surface area contributed by atoms with Gasteiger partial charge >= 0.3 is 6.18 Å². The van der Waals surface area contributed by atoms with Crippen molar-refractivity contribution in [3.05, 3.63) is 53.3 Å². The summed E-state index contributed by atoms with van der Waals surface area (Å²) in [5, 5.41) is 10.5. The molecule has 9 heteroatoms. The molecular formula is C20H26ClF3N4O. The minimum atomic E-state index is -4.39. The second-order valence-corrected chi connectivity index (χ2v) is 7.83. The lowest BCUT2D eigenvalue weighted by Crippen LogP contribution is -2.37. The van der Waals surface area contributed by atoms with Gasteiger partial charge in [-0.15, -0.1) is 12.4 Å². The summed E-state index contributed by atoms with van der Waals surface area (Å²) >= 11 is 0. The van der Waals surface area contributed by atoms with Crippen LogP contribution in [0, 0.1) is 0 Å². The molecule has 1 aromatic carbocycles. The fraction of sp³-hybridized carbons (Fsp3) is 0.500. The van der Waals surface area contributed by atoms with Crippen molar-refractivity contribution in [2.45, 2.75) is 44.3 Å². The number of amides is 1. The predicted molar refractivity (Wildman–Crippen MR) is 107 cm³/mol. The Labute approximate surface area is 174 Å². The van der Waals surface area contributed by atoms with Gasteiger partial charge in [-0.05, 0) is 37.1 Å². The van der Waals surface area contributed by atoms with Crippen LogP contribution >= 0.6 is 12.4 Å². The van der Waals surface area contributed by atoms with Crippen LogP contribution in [0.2, 0.25) is 0 Å². The van der Waals surface area contributed by atoms with Gasteiger partial charge in [0.2, 0.25) is 0 Å². The van der Waals surface area contributed by atoms with E-state index in [1.807, 2.05) is 0 Å². The molecule has 3 rings (SSSR count). The van der Waals surface area contributed by atoms with Crippen LogP contribution in [0.4, 0.5) is 13.2 Å². The van der Waals surface area contributed by atoms with Gasteiger partial charge in [-0.2, -0.15) is 18.3 Å². The van der Waals surface area contributed by atoms with Gasteiger partial charge in [0.05, 0.1) is 11.6 Å². The highest BCUT2D eigenvalue weighted by molar-refractivity contribution is 5.92. The lowest BCUT2D eigenvalue weighted by Gasteiger charge is -2.26. The Balaban J connectivity index is 0.00000300. The van der Waals surface area contributed by atoms with Gasteiger partial charge < -0.3 is 10.6 Å². The molecule has 0 bridgehead atoms. The number of benzene rings is 1. The second kappa shape index (κ2) is 9.17. The van der Waals surface area contributed by atoms with E-state index in [9.17, 15) is 18.0 Å². The molecule has 1 atom stereocenters. The average Bonchev–Trinajstić information content (AvgIpc) is 3.17. The third-order valence-electron chi connectivity index (χ3n) is 5.15. The summed E-state index contributed by atoms with van der Waals surface area (Å²) in [6.07, 6.45) is -0.518. The molecule has 5 nitrogen and oxygen atoms in total. The highest BCUT2D eigenvalue weighted by atomic mass is 35.5. The van der Waals surface area contributed by atoms with Crippen LogP contribution in [0.3, 0.4) is 0 Å². The van der Waals surface area contributed by atoms with Crippen molar-refractivity contribution in [3.8, 4) is 0 Å². The molecule has 2 aromatic rings. The Bertz CT molecular complexity index is 829. The fourth-order valence-corrected chi connectivity index (χ4v) is 3.33. The summed E-state index contributed by atoms with van der Waals surface area (Å²) in [4.78, 5) is 12.5. The maximum absolute atomic E-state index is 13.0. The molecule has 29 heavy (non-hydrogen) atoms. The number of nitrogens with one attached hydrogen (secondary N) is 2. The molecule has 2 heterocycles. The molecule has 0 aliphatic carbocycles. The quantitative estimate of drug-likeness (QED) is 0.755. The van der Waals surface area contributed by atoms with Crippen LogP contribution in [0.5, 0.6) is 0 Å². The van der Waals surface area contributed by atoms with E-state index in [0.29, 0.717) is 11.3 Å². The fourth-order valence-electron chi connectivity index (χ4n) is 3.33. The van der Waals surface area contributed by atoms with E-state index in [0.717, 1.165) is 38.1 Å². The molecule has 1 aliphatic rings. The highest BCUT2D eigenvalue weighted by Gasteiger charge is 2.32. The minimum Gasteiger partial charge on any atom is -0.350 e. The Hall–Kier alpha value is -2.06. The van der Waals surface area contributed by atoms with E-state index >= 15 is 0 Å². The number of hydrogen-bond acceptors (Lipinski definition) is 3. The Morgan fingerprint density at radius 3 is 2.66 bits per heavy atom. The normalized spacial score (nSPS) is 17.5. The van der Waals surface area contributed by atoms with Gasteiger partial charge in [-0.3, -0.25) is 9.48 Å². The molecule has 0 spiro atoms. The average molecular weight is 431 g/mol. The van der Waals surface area contributed by atoms with Gasteiger partial charge in [-0.25, -0.2) is 0 Å². The third-order valence-corrected chi connectivity index (χ3v) is 5.15. The van der Waals surface area contributed by atoms with Crippen molar-refractivity contribution in [1.82, 2.24) is 20.4 Å². The van der Waals surface area contributed by atoms with E-state index in [4.69, 9.17) is 0 Å². The van der Waals surface area contributed by atoms with Crippen LogP contribution < -0.4 is 10.6 Å². The van der Waals surface area contributed by atoms with E-state index < -0.39 is 17.2 Å². The number of halogens is 4. The first-order chi connectivity index (χ1) is 13.2. The second-order valence-electron chi connectivity index (χ2n) is 7.83. The van der Waals surface area contributed by atoms with Crippen LogP contribution in [0.25, 0.3) is 0 Å². The number of carbonyl (C=O) groups excluding carboxylic acids is 1. The summed E-state index contributed by atoms with van der Waals surface area (Å²) in [5.74, 6) is -0.331. The molecule has 1 saturated heterocycles. The number of alkyl halides is 3. The van der Waals surface area contributed by atoms with Crippen LogP contribution in [-0.2, 0) is 11.6 Å². The molecule has 1 aromatic heterocycles. The van der Waals surface area contributed by atoms with Crippen molar-refractivity contribution >= 4 is 18.3 Å². The molecule has 1 amide bonds. The Kier molecular flexibility index (Phi) is 7.35. The van der Waals surface area contributed by atoms with Gasteiger partial charge in [0, 0.05) is 24.7 Å². The number of carbonyl (C=O) groups is 1. The number of aromatic nitrogens is 2. The SMILES string of the molecule is CC(C)(CNC(=O)c1ccn(C2CCCNC2)n1)c1cccc(C(F)(F)F)c1.Cl. The van der Waals surface area contributed by atoms with E-state index in [1.165, 1.54) is 6.07 Å². The number of piperidine rings is 1. The maximum Gasteiger partial charge on any atom is 0.416 e. The zero-order valence-electron chi connectivity index (χ0n) is 16.4. The number of hydrogen-bond donors (Lipinski definition) is 2. The molecule has 160 valence electrons. The summed E-state index contributed by atoms with van der Waals surface area (Å²) in [5.41, 5.74) is -0.525. The topological polar surface area (TPSA) is 59.0 Å². The molecule has 1 fully saturated rings. The van der Waals surface area contributed by atoms with Crippen LogP contribution in [0.1, 0.15) is 54.3 Å². The van der Waals surface area contributed by atoms with Crippen molar-refractivity contribution in [1.29, 1.82) is 0 Å². The number of rotatable bonds is 5. The highest BCUT2D eigenvalue weighted by Crippen LogP contribution is 2.32. The molecule has 0 saturated carbocycles. The maximum atomic E-state index is 13.0. The first-order valence-electron chi connectivity index (χ1n) is 9.39. The largest absolute Gasteiger partial charge is 0.416 e. The summed E-state index contributed by atoms with van der Waals surface area (Å²) in [7, 11) is 0. The van der Waals surface area contributed by atoms with Crippen molar-refractivity contribution in [3.63, 3.8) is 0 Å². The minimum absolute atomic E-state index is 0. The first-order valence-corrected chi connectivity index (χ1v) is 9.39. The summed E-state index contributed by atoms with van der Waals surface area (Å²) in [6.45, 7) is 5.62. The zero-order chi connectivity index (χ0) is 20.4. The third kappa shape index (κ3) is 5.73. The van der Waals surface area contributed by atoms with Gasteiger partial charge in [0.25, 0.3) is 5.91 Å². The van der Waals surface area contributed by atoms with Gasteiger partial charge in [-0.1, -0.05) is 32.0 Å². The molecule has 2 N–H and O–H groups in total. The van der Waals surface area contributed by atoms with Crippen LogP contribution in [0.15, 0.2) is 36.5 Å². The number of nitrogens with zero attached hydrogens (tertiary/aromatic N) is 2. The first kappa shape index (κ1) is 23.2. The summed E-state index contributed by atoms with van der Waals surface area (Å²) in [6, 6.07) is 7.12. The van der Waals surface area contributed by atoms with Crippen LogP contribution in [-0.4, -0.2) is 35.3 Å². The molecule has 1 unspecified atom stereocenters. The van der Waals surface area contributed by atoms with E-state index in [2.05, 4.69) is 15.7 Å². The van der Waals surface area contributed by atoms with E-state index in [-0.39, 0.29) is 30.9 Å². The zero-order valence-corrected chi connectivity index (χ0v) is 17.2. The van der Waals surface area contributed by atoms with E-state index in [1.54, 1.807) is 36.9 Å². The molecular weight excluding hydrogens is 405 g/mol. The predicted octanol–water partition coefficient (Wildman–Crippen LogP) is 3.96. The smallest absolute Gasteiger partial charge is 0.350 e. The Morgan fingerprint density at radius 1 is 1.28 bits per heavy atom. The van der Waals surface area contributed by atoms with Crippen molar-refractivity contribution < 1.29 is 18.0 Å². The lowest BCUT2D eigenvalue weighted by molar-refractivity contribution is -0.137. The lowest BCUT2D eigenvalue weighted by atomic mass is 9.83. The molecule has 0 radical (unpaired) electrons. The van der Waals surface area contributed by atoms with Gasteiger partial charge in [0.1, 0.15) is 5.69 Å². The summed E-state index contributed by atoms with van der Waals surface area (Å²) < 4.78 is 40.7. The molecule has 1 aliphatic heterocycles. The van der Waals surface area contributed by atoms with Crippen molar-refractivity contribution in [2.24, 2.45) is 0 Å².